The minimum absolute atomic E-state index is 0.107. The molecular formula is C19H24ClNO4S. The maximum Gasteiger partial charge on any atom is 0.216 e. The molecule has 1 unspecified atom stereocenters. The molecule has 0 radical (unpaired) electrons. The van der Waals surface area contributed by atoms with E-state index in [2.05, 4.69) is 4.72 Å². The number of sulfonamides is 1. The van der Waals surface area contributed by atoms with Crippen molar-refractivity contribution in [1.82, 2.24) is 4.72 Å². The van der Waals surface area contributed by atoms with Crippen LogP contribution in [0.5, 0.6) is 11.5 Å². The summed E-state index contributed by atoms with van der Waals surface area (Å²) in [5.74, 6) is 1.15. The molecular weight excluding hydrogens is 374 g/mol. The van der Waals surface area contributed by atoms with Gasteiger partial charge in [-0.2, -0.15) is 0 Å². The van der Waals surface area contributed by atoms with Crippen LogP contribution in [0.2, 0.25) is 5.02 Å². The quantitative estimate of drug-likeness (QED) is 0.684. The monoisotopic (exact) mass is 397 g/mol. The molecule has 0 aliphatic heterocycles. The van der Waals surface area contributed by atoms with Gasteiger partial charge in [0.05, 0.1) is 19.0 Å². The molecule has 7 heteroatoms. The Kier molecular flexibility index (Phi) is 7.32. The van der Waals surface area contributed by atoms with Gasteiger partial charge in [-0.25, -0.2) is 13.1 Å². The molecule has 0 aromatic heterocycles. The van der Waals surface area contributed by atoms with E-state index < -0.39 is 16.1 Å². The lowest BCUT2D eigenvalue weighted by Crippen LogP contribution is -2.28. The Balaban J connectivity index is 2.13. The molecule has 2 rings (SSSR count). The lowest BCUT2D eigenvalue weighted by atomic mass is 10.1. The molecule has 1 atom stereocenters. The van der Waals surface area contributed by atoms with Crippen molar-refractivity contribution >= 4 is 21.6 Å². The fourth-order valence-electron chi connectivity index (χ4n) is 2.52. The zero-order chi connectivity index (χ0) is 19.2. The number of nitrogens with one attached hydrogen (secondary N) is 1. The third kappa shape index (κ3) is 5.90. The first-order valence-electron chi connectivity index (χ1n) is 8.48. The van der Waals surface area contributed by atoms with Crippen molar-refractivity contribution in [2.75, 3.05) is 13.2 Å². The summed E-state index contributed by atoms with van der Waals surface area (Å²) in [6.07, 6.45) is 0. The summed E-state index contributed by atoms with van der Waals surface area (Å²) in [7, 11) is -3.51. The Morgan fingerprint density at radius 1 is 1.00 bits per heavy atom. The topological polar surface area (TPSA) is 64.6 Å². The standard InChI is InChI=1S/C19H24ClNO4S/c1-4-24-18-11-8-16(12-19(18)25-5-2)14(3)21-26(22,23)13-15-6-9-17(20)10-7-15/h6-12,14,21H,4-5,13H2,1-3H3. The third-order valence-electron chi connectivity index (χ3n) is 3.69. The molecule has 26 heavy (non-hydrogen) atoms. The van der Waals surface area contributed by atoms with Crippen LogP contribution in [0.1, 0.15) is 37.9 Å². The molecule has 5 nitrogen and oxygen atoms in total. The molecule has 0 spiro atoms. The van der Waals surface area contributed by atoms with Crippen LogP contribution in [0.25, 0.3) is 0 Å². The van der Waals surface area contributed by atoms with Gasteiger partial charge in [0.15, 0.2) is 11.5 Å². The second-order valence-electron chi connectivity index (χ2n) is 5.80. The van der Waals surface area contributed by atoms with Crippen molar-refractivity contribution in [3.05, 3.63) is 58.6 Å². The van der Waals surface area contributed by atoms with Crippen molar-refractivity contribution in [2.45, 2.75) is 32.6 Å². The SMILES string of the molecule is CCOc1ccc(C(C)NS(=O)(=O)Cc2ccc(Cl)cc2)cc1OCC. The molecule has 2 aromatic carbocycles. The average Bonchev–Trinajstić information content (AvgIpc) is 2.58. The van der Waals surface area contributed by atoms with Gasteiger partial charge in [-0.1, -0.05) is 29.8 Å². The first kappa shape index (κ1) is 20.6. The Hall–Kier alpha value is -1.76. The molecule has 0 fully saturated rings. The Morgan fingerprint density at radius 3 is 2.23 bits per heavy atom. The number of rotatable bonds is 9. The molecule has 0 bridgehead atoms. The highest BCUT2D eigenvalue weighted by atomic mass is 35.5. The van der Waals surface area contributed by atoms with Gasteiger partial charge in [0, 0.05) is 11.1 Å². The molecule has 0 saturated carbocycles. The van der Waals surface area contributed by atoms with E-state index in [0.29, 0.717) is 35.3 Å². The predicted molar refractivity (Wildman–Crippen MR) is 104 cm³/mol. The number of benzene rings is 2. The number of hydrogen-bond donors (Lipinski definition) is 1. The Bertz CT molecular complexity index is 822. The zero-order valence-electron chi connectivity index (χ0n) is 15.2. The summed E-state index contributed by atoms with van der Waals surface area (Å²) >= 11 is 5.84. The molecule has 0 aliphatic rings. The number of ether oxygens (including phenoxy) is 2. The fraction of sp³-hybridized carbons (Fsp3) is 0.368. The van der Waals surface area contributed by atoms with E-state index in [-0.39, 0.29) is 5.75 Å². The van der Waals surface area contributed by atoms with Gasteiger partial charge in [-0.05, 0) is 56.2 Å². The van der Waals surface area contributed by atoms with E-state index in [1.54, 1.807) is 37.3 Å². The highest BCUT2D eigenvalue weighted by Gasteiger charge is 2.18. The minimum Gasteiger partial charge on any atom is -0.490 e. The normalized spacial score (nSPS) is 12.6. The van der Waals surface area contributed by atoms with E-state index in [9.17, 15) is 8.42 Å². The summed E-state index contributed by atoms with van der Waals surface area (Å²) < 4.78 is 38.7. The predicted octanol–water partition coefficient (Wildman–Crippen LogP) is 4.32. The minimum atomic E-state index is -3.51. The van der Waals surface area contributed by atoms with Crippen molar-refractivity contribution in [3.8, 4) is 11.5 Å². The van der Waals surface area contributed by atoms with Crippen LogP contribution in [0.15, 0.2) is 42.5 Å². The van der Waals surface area contributed by atoms with Crippen LogP contribution in [-0.4, -0.2) is 21.6 Å². The van der Waals surface area contributed by atoms with Gasteiger partial charge in [0.2, 0.25) is 10.0 Å². The smallest absolute Gasteiger partial charge is 0.216 e. The summed E-state index contributed by atoms with van der Waals surface area (Å²) in [6, 6.07) is 11.8. The van der Waals surface area contributed by atoms with E-state index in [1.807, 2.05) is 26.0 Å². The molecule has 2 aromatic rings. The largest absolute Gasteiger partial charge is 0.490 e. The van der Waals surface area contributed by atoms with Gasteiger partial charge >= 0.3 is 0 Å². The molecule has 0 amide bonds. The lowest BCUT2D eigenvalue weighted by Gasteiger charge is -2.17. The van der Waals surface area contributed by atoms with Crippen molar-refractivity contribution in [3.63, 3.8) is 0 Å². The highest BCUT2D eigenvalue weighted by Crippen LogP contribution is 2.31. The van der Waals surface area contributed by atoms with E-state index in [0.717, 1.165) is 5.56 Å². The fourth-order valence-corrected chi connectivity index (χ4v) is 4.03. The van der Waals surface area contributed by atoms with Gasteiger partial charge in [0.1, 0.15) is 0 Å². The summed E-state index contributed by atoms with van der Waals surface area (Å²) in [5, 5.41) is 0.574. The van der Waals surface area contributed by atoms with Crippen LogP contribution in [0.4, 0.5) is 0 Å². The summed E-state index contributed by atoms with van der Waals surface area (Å²) in [5.41, 5.74) is 1.48. The molecule has 0 heterocycles. The van der Waals surface area contributed by atoms with Crippen LogP contribution in [0.3, 0.4) is 0 Å². The van der Waals surface area contributed by atoms with Gasteiger partial charge < -0.3 is 9.47 Å². The van der Waals surface area contributed by atoms with Crippen molar-refractivity contribution in [2.24, 2.45) is 0 Å². The Morgan fingerprint density at radius 2 is 1.62 bits per heavy atom. The van der Waals surface area contributed by atoms with Crippen LogP contribution in [-0.2, 0) is 15.8 Å². The van der Waals surface area contributed by atoms with Gasteiger partial charge in [-0.3, -0.25) is 0 Å². The lowest BCUT2D eigenvalue weighted by molar-refractivity contribution is 0.287. The average molecular weight is 398 g/mol. The maximum absolute atomic E-state index is 12.4. The van der Waals surface area contributed by atoms with Crippen LogP contribution < -0.4 is 14.2 Å². The van der Waals surface area contributed by atoms with E-state index >= 15 is 0 Å². The number of hydrogen-bond acceptors (Lipinski definition) is 4. The Labute approximate surface area is 160 Å². The first-order chi connectivity index (χ1) is 12.3. The molecule has 142 valence electrons. The third-order valence-corrected chi connectivity index (χ3v) is 5.37. The molecule has 0 saturated heterocycles. The second-order valence-corrected chi connectivity index (χ2v) is 7.99. The molecule has 0 aliphatic carbocycles. The van der Waals surface area contributed by atoms with Crippen molar-refractivity contribution in [1.29, 1.82) is 0 Å². The zero-order valence-corrected chi connectivity index (χ0v) is 16.7. The van der Waals surface area contributed by atoms with E-state index in [1.165, 1.54) is 0 Å². The summed E-state index contributed by atoms with van der Waals surface area (Å²) in [6.45, 7) is 6.62. The second kappa shape index (κ2) is 9.26. The number of halogens is 1. The van der Waals surface area contributed by atoms with E-state index in [4.69, 9.17) is 21.1 Å². The molecule has 1 N–H and O–H groups in total. The van der Waals surface area contributed by atoms with Crippen LogP contribution in [0, 0.1) is 0 Å². The van der Waals surface area contributed by atoms with Gasteiger partial charge in [0.25, 0.3) is 0 Å². The van der Waals surface area contributed by atoms with Crippen molar-refractivity contribution < 1.29 is 17.9 Å². The maximum atomic E-state index is 12.4. The first-order valence-corrected chi connectivity index (χ1v) is 10.5. The highest BCUT2D eigenvalue weighted by molar-refractivity contribution is 7.88. The van der Waals surface area contributed by atoms with Gasteiger partial charge in [-0.15, -0.1) is 0 Å². The summed E-state index contributed by atoms with van der Waals surface area (Å²) in [4.78, 5) is 0. The van der Waals surface area contributed by atoms with Crippen LogP contribution >= 0.6 is 11.6 Å².